The number of carbonyl (C=O) groups excluding carboxylic acids is 2. The van der Waals surface area contributed by atoms with Crippen molar-refractivity contribution in [1.29, 1.82) is 0 Å². The lowest BCUT2D eigenvalue weighted by molar-refractivity contribution is -0.183. The Hall–Kier alpha value is -0.883. The molecule has 1 rings (SSSR count). The number of ether oxygens (including phenoxy) is 3. The molecule has 0 amide bonds. The van der Waals surface area contributed by atoms with Gasteiger partial charge in [-0.05, 0) is 12.3 Å². The fraction of sp³-hybridized carbons (Fsp3) is 0.909. The van der Waals surface area contributed by atoms with Crippen LogP contribution in [0.3, 0.4) is 0 Å². The van der Waals surface area contributed by atoms with E-state index in [1.807, 2.05) is 13.8 Å². The Morgan fingerprint density at radius 1 is 0.893 bits per heavy atom. The molecule has 0 N–H and O–H groups in total. The van der Waals surface area contributed by atoms with Gasteiger partial charge in [0.25, 0.3) is 0 Å². The maximum absolute atomic E-state index is 13.3. The van der Waals surface area contributed by atoms with Gasteiger partial charge in [-0.25, -0.2) is 0 Å². The molecule has 0 unspecified atom stereocenters. The minimum atomic E-state index is -1.87. The van der Waals surface area contributed by atoms with Crippen LogP contribution in [-0.4, -0.2) is 47.4 Å². The molecule has 28 heavy (non-hydrogen) atoms. The molecular weight excluding hydrogens is 372 g/mol. The van der Waals surface area contributed by atoms with Crippen LogP contribution in [0.1, 0.15) is 61.8 Å². The molecule has 0 heterocycles. The van der Waals surface area contributed by atoms with E-state index in [0.717, 1.165) is 6.04 Å². The first-order valence-corrected chi connectivity index (χ1v) is 13.0. The first-order chi connectivity index (χ1) is 12.8. The second kappa shape index (κ2) is 8.86. The molecule has 1 saturated carbocycles. The fourth-order valence-electron chi connectivity index (χ4n) is 6.54. The van der Waals surface area contributed by atoms with Gasteiger partial charge < -0.3 is 14.2 Å². The first kappa shape index (κ1) is 25.2. The van der Waals surface area contributed by atoms with Crippen LogP contribution in [0.5, 0.6) is 0 Å². The number of hydrogen-bond acceptors (Lipinski definition) is 5. The summed E-state index contributed by atoms with van der Waals surface area (Å²) in [6.07, 6.45) is 0.447. The minimum absolute atomic E-state index is 0.161. The molecule has 5 nitrogen and oxygen atoms in total. The molecule has 0 saturated heterocycles. The van der Waals surface area contributed by atoms with Crippen molar-refractivity contribution in [3.05, 3.63) is 0 Å². The van der Waals surface area contributed by atoms with Gasteiger partial charge in [-0.1, -0.05) is 78.1 Å². The SMILES string of the molecule is COC(=O)C1(C(=O)OC)[C@H](C[Si](C(C)C)(C(C)C)C(C)C)C[C@H](OC)C1(C)C. The predicted molar refractivity (Wildman–Crippen MR) is 115 cm³/mol. The molecule has 0 radical (unpaired) electrons. The minimum Gasteiger partial charge on any atom is -0.468 e. The Kier molecular flexibility index (Phi) is 7.96. The highest BCUT2D eigenvalue weighted by molar-refractivity contribution is 6.83. The van der Waals surface area contributed by atoms with Gasteiger partial charge in [-0.2, -0.15) is 0 Å². The summed E-state index contributed by atoms with van der Waals surface area (Å²) in [7, 11) is 2.50. The summed E-state index contributed by atoms with van der Waals surface area (Å²) in [5.41, 5.74) is -0.480. The molecule has 0 aromatic heterocycles. The molecule has 0 aromatic rings. The van der Waals surface area contributed by atoms with Crippen molar-refractivity contribution < 1.29 is 23.8 Å². The summed E-state index contributed by atoms with van der Waals surface area (Å²) in [6, 6.07) is 0.882. The van der Waals surface area contributed by atoms with E-state index in [4.69, 9.17) is 14.2 Å². The predicted octanol–water partition coefficient (Wildman–Crippen LogP) is 5.06. The molecule has 0 aromatic carbocycles. The molecule has 2 atom stereocenters. The Morgan fingerprint density at radius 3 is 1.57 bits per heavy atom. The zero-order chi connectivity index (χ0) is 22.1. The molecule has 0 spiro atoms. The van der Waals surface area contributed by atoms with Gasteiger partial charge in [-0.15, -0.1) is 0 Å². The number of methoxy groups -OCH3 is 3. The summed E-state index contributed by atoms with van der Waals surface area (Å²) >= 11 is 0. The zero-order valence-corrected chi connectivity index (χ0v) is 20.8. The molecule has 1 aliphatic carbocycles. The number of carbonyl (C=O) groups is 2. The third-order valence-corrected chi connectivity index (χ3v) is 15.7. The van der Waals surface area contributed by atoms with Gasteiger partial charge >= 0.3 is 11.9 Å². The molecule has 1 fully saturated rings. The van der Waals surface area contributed by atoms with E-state index in [9.17, 15) is 9.59 Å². The number of rotatable bonds is 8. The Balaban J connectivity index is 3.73. The summed E-state index contributed by atoms with van der Waals surface area (Å²) < 4.78 is 16.3. The van der Waals surface area contributed by atoms with Crippen molar-refractivity contribution in [3.8, 4) is 0 Å². The fourth-order valence-corrected chi connectivity index (χ4v) is 13.3. The van der Waals surface area contributed by atoms with E-state index < -0.39 is 30.8 Å². The van der Waals surface area contributed by atoms with Crippen LogP contribution in [0.2, 0.25) is 22.7 Å². The second-order valence-electron chi connectivity index (χ2n) is 9.95. The van der Waals surface area contributed by atoms with Crippen LogP contribution in [0, 0.1) is 16.7 Å². The topological polar surface area (TPSA) is 61.8 Å². The van der Waals surface area contributed by atoms with Gasteiger partial charge in [0, 0.05) is 12.5 Å². The maximum Gasteiger partial charge on any atom is 0.324 e. The molecule has 0 aliphatic heterocycles. The lowest BCUT2D eigenvalue weighted by atomic mass is 9.63. The van der Waals surface area contributed by atoms with Crippen molar-refractivity contribution in [2.75, 3.05) is 21.3 Å². The Bertz CT molecular complexity index is 529. The van der Waals surface area contributed by atoms with E-state index in [2.05, 4.69) is 41.5 Å². The summed E-state index contributed by atoms with van der Waals surface area (Å²) in [6.45, 7) is 17.7. The van der Waals surface area contributed by atoms with E-state index in [1.165, 1.54) is 14.2 Å². The van der Waals surface area contributed by atoms with Crippen molar-refractivity contribution in [1.82, 2.24) is 0 Å². The van der Waals surface area contributed by atoms with Crippen LogP contribution in [0.15, 0.2) is 0 Å². The van der Waals surface area contributed by atoms with Crippen molar-refractivity contribution in [3.63, 3.8) is 0 Å². The highest BCUT2D eigenvalue weighted by Crippen LogP contribution is 2.62. The molecule has 0 bridgehead atoms. The largest absolute Gasteiger partial charge is 0.468 e. The monoisotopic (exact) mass is 414 g/mol. The van der Waals surface area contributed by atoms with Crippen LogP contribution < -0.4 is 0 Å². The average molecular weight is 415 g/mol. The van der Waals surface area contributed by atoms with Crippen LogP contribution in [0.4, 0.5) is 0 Å². The summed E-state index contributed by atoms with van der Waals surface area (Å²) in [4.78, 5) is 26.5. The van der Waals surface area contributed by atoms with E-state index in [0.29, 0.717) is 23.0 Å². The van der Waals surface area contributed by atoms with Gasteiger partial charge in [-0.3, -0.25) is 9.59 Å². The molecule has 164 valence electrons. The van der Waals surface area contributed by atoms with Crippen molar-refractivity contribution in [2.24, 2.45) is 16.7 Å². The standard InChI is InChI=1S/C22H42O5Si/c1-14(2)28(15(3)4,16(5)6)13-17-12-18(25-9)21(7,8)22(17,19(23)26-10)20(24)27-11/h14-18H,12-13H2,1-11H3/t17-,18-/m0/s1. The number of esters is 2. The van der Waals surface area contributed by atoms with Gasteiger partial charge in [0.05, 0.1) is 28.4 Å². The quantitative estimate of drug-likeness (QED) is 0.316. The van der Waals surface area contributed by atoms with Crippen molar-refractivity contribution in [2.45, 2.75) is 90.6 Å². The summed E-state index contributed by atoms with van der Waals surface area (Å²) in [5.74, 6) is -1.15. The maximum atomic E-state index is 13.3. The lowest BCUT2D eigenvalue weighted by Crippen LogP contribution is -2.57. The average Bonchev–Trinajstić information content (AvgIpc) is 2.83. The molecular formula is C22H42O5Si. The zero-order valence-electron chi connectivity index (χ0n) is 19.8. The summed E-state index contributed by atoms with van der Waals surface area (Å²) in [5, 5.41) is 0. The van der Waals surface area contributed by atoms with Crippen LogP contribution in [-0.2, 0) is 23.8 Å². The van der Waals surface area contributed by atoms with Gasteiger partial charge in [0.15, 0.2) is 5.41 Å². The second-order valence-corrected chi connectivity index (χ2v) is 16.0. The van der Waals surface area contributed by atoms with Crippen LogP contribution >= 0.6 is 0 Å². The highest BCUT2D eigenvalue weighted by Gasteiger charge is 2.71. The number of hydrogen-bond donors (Lipinski definition) is 0. The van der Waals surface area contributed by atoms with Crippen molar-refractivity contribution >= 4 is 20.0 Å². The molecule has 1 aliphatic rings. The van der Waals surface area contributed by atoms with E-state index in [1.54, 1.807) is 7.11 Å². The Labute approximate surface area is 172 Å². The first-order valence-electron chi connectivity index (χ1n) is 10.5. The van der Waals surface area contributed by atoms with Crippen LogP contribution in [0.25, 0.3) is 0 Å². The van der Waals surface area contributed by atoms with E-state index >= 15 is 0 Å². The third-order valence-electron chi connectivity index (χ3n) is 8.06. The lowest BCUT2D eigenvalue weighted by Gasteiger charge is -2.48. The normalized spacial score (nSPS) is 24.1. The van der Waals surface area contributed by atoms with Gasteiger partial charge in [0.2, 0.25) is 0 Å². The third kappa shape index (κ3) is 3.45. The molecule has 6 heteroatoms. The van der Waals surface area contributed by atoms with E-state index in [-0.39, 0.29) is 12.0 Å². The highest BCUT2D eigenvalue weighted by atomic mass is 28.3. The smallest absolute Gasteiger partial charge is 0.324 e. The Morgan fingerprint density at radius 2 is 1.29 bits per heavy atom. The van der Waals surface area contributed by atoms with Gasteiger partial charge in [0.1, 0.15) is 0 Å².